The molecule has 0 radical (unpaired) electrons. The molecule has 0 saturated heterocycles. The number of hydrogen-bond acceptors (Lipinski definition) is 5. The molecular formula is C25H20Cl2N2O3. The largest absolute Gasteiger partial charge is 0.497 e. The van der Waals surface area contributed by atoms with Crippen LogP contribution in [0, 0.1) is 6.92 Å². The van der Waals surface area contributed by atoms with Crippen molar-refractivity contribution in [2.45, 2.75) is 25.6 Å². The highest BCUT2D eigenvalue weighted by Crippen LogP contribution is 2.47. The Morgan fingerprint density at radius 3 is 2.50 bits per heavy atom. The molecule has 0 N–H and O–H groups in total. The second kappa shape index (κ2) is 8.15. The monoisotopic (exact) mass is 466 g/mol. The van der Waals surface area contributed by atoms with Crippen LogP contribution in [0.3, 0.4) is 0 Å². The van der Waals surface area contributed by atoms with E-state index in [0.717, 1.165) is 28.2 Å². The number of halogens is 2. The summed E-state index contributed by atoms with van der Waals surface area (Å²) in [6, 6.07) is 18.4. The molecule has 2 aliphatic rings. The molecule has 0 saturated carbocycles. The minimum atomic E-state index is -0.926. The Kier molecular flexibility index (Phi) is 5.31. The van der Waals surface area contributed by atoms with Crippen molar-refractivity contribution in [1.82, 2.24) is 5.01 Å². The maximum absolute atomic E-state index is 13.4. The van der Waals surface area contributed by atoms with Gasteiger partial charge in [-0.1, -0.05) is 53.0 Å². The van der Waals surface area contributed by atoms with E-state index in [0.29, 0.717) is 27.8 Å². The number of rotatable bonds is 4. The van der Waals surface area contributed by atoms with Gasteiger partial charge in [0.25, 0.3) is 6.23 Å². The Morgan fingerprint density at radius 2 is 1.81 bits per heavy atom. The molecule has 0 aliphatic carbocycles. The molecule has 2 heterocycles. The van der Waals surface area contributed by atoms with Crippen LogP contribution in [-0.4, -0.2) is 29.8 Å². The van der Waals surface area contributed by atoms with Gasteiger partial charge in [-0.15, -0.1) is 0 Å². The van der Waals surface area contributed by atoms with E-state index in [-0.39, 0.29) is 11.8 Å². The summed E-state index contributed by atoms with van der Waals surface area (Å²) in [4.78, 5) is 13.4. The van der Waals surface area contributed by atoms with E-state index < -0.39 is 6.23 Å². The predicted molar refractivity (Wildman–Crippen MR) is 125 cm³/mol. The average molecular weight is 467 g/mol. The second-order valence-corrected chi connectivity index (χ2v) is 8.73. The maximum atomic E-state index is 13.4. The molecular weight excluding hydrogens is 447 g/mol. The Balaban J connectivity index is 1.57. The Bertz CT molecular complexity index is 1220. The fraction of sp³-hybridized carbons (Fsp3) is 0.200. The summed E-state index contributed by atoms with van der Waals surface area (Å²) in [5, 5.41) is 7.44. The highest BCUT2D eigenvalue weighted by Gasteiger charge is 2.44. The first-order chi connectivity index (χ1) is 15.4. The molecule has 2 atom stereocenters. The van der Waals surface area contributed by atoms with Crippen molar-refractivity contribution in [2.24, 2.45) is 5.10 Å². The molecule has 3 aromatic rings. The van der Waals surface area contributed by atoms with Crippen molar-refractivity contribution in [2.75, 3.05) is 7.11 Å². The number of ether oxygens (including phenoxy) is 2. The molecule has 0 aromatic heterocycles. The van der Waals surface area contributed by atoms with Crippen LogP contribution in [0.15, 0.2) is 65.8 Å². The first-order valence-corrected chi connectivity index (χ1v) is 11.0. The summed E-state index contributed by atoms with van der Waals surface area (Å²) >= 11 is 12.8. The number of nitrogens with zero attached hydrogens (tertiary/aromatic N) is 2. The third-order valence-corrected chi connectivity index (χ3v) is 6.29. The first kappa shape index (κ1) is 20.9. The standard InChI is InChI=1S/C25H20Cl2N2O3/c1-14-3-5-16(6-4-14)23(30)25-29-22(19-11-17(26)12-20(27)24(19)32-25)13-21(28-29)15-7-9-18(31-2)10-8-15/h3-12,22,25H,13H2,1-2H3/t22-,25+/m0/s1. The number of fused-ring (bicyclic) bond motifs is 3. The van der Waals surface area contributed by atoms with Crippen LogP contribution >= 0.6 is 23.2 Å². The van der Waals surface area contributed by atoms with Gasteiger partial charge in [0.2, 0.25) is 5.78 Å². The number of aryl methyl sites for hydroxylation is 1. The van der Waals surface area contributed by atoms with Gasteiger partial charge >= 0.3 is 0 Å². The Hall–Kier alpha value is -3.02. The zero-order valence-corrected chi connectivity index (χ0v) is 19.0. The smallest absolute Gasteiger partial charge is 0.251 e. The summed E-state index contributed by atoms with van der Waals surface area (Å²) in [5.74, 6) is 1.07. The minimum Gasteiger partial charge on any atom is -0.497 e. The first-order valence-electron chi connectivity index (χ1n) is 10.2. The third kappa shape index (κ3) is 3.61. The molecule has 162 valence electrons. The lowest BCUT2D eigenvalue weighted by Gasteiger charge is -2.37. The lowest BCUT2D eigenvalue weighted by molar-refractivity contribution is -0.00447. The molecule has 32 heavy (non-hydrogen) atoms. The SMILES string of the molecule is COc1ccc(C2=NN3[C@@H](C(=O)c4ccc(C)cc4)Oc4c(Cl)cc(Cl)cc4[C@@H]3C2)cc1. The van der Waals surface area contributed by atoms with Gasteiger partial charge in [-0.25, -0.2) is 5.01 Å². The molecule has 0 fully saturated rings. The van der Waals surface area contributed by atoms with E-state index in [9.17, 15) is 4.79 Å². The number of ketones is 1. The van der Waals surface area contributed by atoms with Gasteiger partial charge in [0.15, 0.2) is 0 Å². The second-order valence-electron chi connectivity index (χ2n) is 7.88. The van der Waals surface area contributed by atoms with Crippen LogP contribution in [0.2, 0.25) is 10.0 Å². The van der Waals surface area contributed by atoms with Crippen LogP contribution in [0.1, 0.15) is 39.5 Å². The van der Waals surface area contributed by atoms with Gasteiger partial charge < -0.3 is 9.47 Å². The van der Waals surface area contributed by atoms with E-state index >= 15 is 0 Å². The fourth-order valence-electron chi connectivity index (χ4n) is 4.11. The normalized spacial score (nSPS) is 19.0. The maximum Gasteiger partial charge on any atom is 0.251 e. The molecule has 5 rings (SSSR count). The highest BCUT2D eigenvalue weighted by molar-refractivity contribution is 6.35. The number of benzene rings is 3. The molecule has 5 nitrogen and oxygen atoms in total. The van der Waals surface area contributed by atoms with Crippen molar-refractivity contribution >= 4 is 34.7 Å². The average Bonchev–Trinajstić information content (AvgIpc) is 3.25. The van der Waals surface area contributed by atoms with Crippen LogP contribution in [0.5, 0.6) is 11.5 Å². The lowest BCUT2D eigenvalue weighted by atomic mass is 9.95. The minimum absolute atomic E-state index is 0.175. The molecule has 0 unspecified atom stereocenters. The zero-order chi connectivity index (χ0) is 22.4. The predicted octanol–water partition coefficient (Wildman–Crippen LogP) is 6.06. The van der Waals surface area contributed by atoms with Gasteiger partial charge in [0, 0.05) is 22.6 Å². The summed E-state index contributed by atoms with van der Waals surface area (Å²) in [5.41, 5.74) is 4.26. The van der Waals surface area contributed by atoms with Gasteiger partial charge in [0.05, 0.1) is 23.9 Å². The zero-order valence-electron chi connectivity index (χ0n) is 17.5. The van der Waals surface area contributed by atoms with E-state index in [1.165, 1.54) is 0 Å². The van der Waals surface area contributed by atoms with Crippen molar-refractivity contribution in [3.63, 3.8) is 0 Å². The van der Waals surface area contributed by atoms with E-state index in [4.69, 9.17) is 37.8 Å². The summed E-state index contributed by atoms with van der Waals surface area (Å²) < 4.78 is 11.4. The van der Waals surface area contributed by atoms with Gasteiger partial charge in [0.1, 0.15) is 11.5 Å². The molecule has 3 aromatic carbocycles. The van der Waals surface area contributed by atoms with E-state index in [1.807, 2.05) is 49.4 Å². The quantitative estimate of drug-likeness (QED) is 0.438. The molecule has 0 bridgehead atoms. The highest BCUT2D eigenvalue weighted by atomic mass is 35.5. The van der Waals surface area contributed by atoms with Gasteiger partial charge in [-0.05, 0) is 48.9 Å². The van der Waals surface area contributed by atoms with Crippen LogP contribution in [-0.2, 0) is 0 Å². The fourth-order valence-corrected chi connectivity index (χ4v) is 4.66. The van der Waals surface area contributed by atoms with Crippen LogP contribution in [0.25, 0.3) is 0 Å². The Labute approximate surface area is 196 Å². The third-order valence-electron chi connectivity index (χ3n) is 5.79. The number of carbonyl (C=O) groups is 1. The van der Waals surface area contributed by atoms with E-state index in [2.05, 4.69) is 0 Å². The summed E-state index contributed by atoms with van der Waals surface area (Å²) in [6.45, 7) is 1.98. The molecule has 0 spiro atoms. The van der Waals surface area contributed by atoms with Gasteiger partial charge in [-0.3, -0.25) is 4.79 Å². The number of carbonyl (C=O) groups excluding carboxylic acids is 1. The number of hydrazone groups is 1. The lowest BCUT2D eigenvalue weighted by Crippen LogP contribution is -2.46. The van der Waals surface area contributed by atoms with Crippen LogP contribution in [0.4, 0.5) is 0 Å². The van der Waals surface area contributed by atoms with Crippen molar-refractivity contribution in [3.8, 4) is 11.5 Å². The molecule has 7 heteroatoms. The van der Waals surface area contributed by atoms with E-state index in [1.54, 1.807) is 30.3 Å². The van der Waals surface area contributed by atoms with Crippen molar-refractivity contribution < 1.29 is 14.3 Å². The number of methoxy groups -OCH3 is 1. The van der Waals surface area contributed by atoms with Crippen molar-refractivity contribution in [1.29, 1.82) is 0 Å². The van der Waals surface area contributed by atoms with Crippen LogP contribution < -0.4 is 9.47 Å². The van der Waals surface area contributed by atoms with Crippen molar-refractivity contribution in [3.05, 3.63) is 93.0 Å². The molecule has 0 amide bonds. The topological polar surface area (TPSA) is 51.1 Å². The summed E-state index contributed by atoms with van der Waals surface area (Å²) in [6.07, 6.45) is -0.332. The Morgan fingerprint density at radius 1 is 1.09 bits per heavy atom. The number of hydrogen-bond donors (Lipinski definition) is 0. The summed E-state index contributed by atoms with van der Waals surface area (Å²) in [7, 11) is 1.63. The van der Waals surface area contributed by atoms with Gasteiger partial charge in [-0.2, -0.15) is 5.10 Å². The molecule has 2 aliphatic heterocycles. The number of Topliss-reactive ketones (excluding diaryl/α,β-unsaturated/α-hetero) is 1.